The highest BCUT2D eigenvalue weighted by atomic mass is 79.9. The predicted octanol–water partition coefficient (Wildman–Crippen LogP) is 3.14. The van der Waals surface area contributed by atoms with Crippen molar-refractivity contribution in [1.29, 1.82) is 0 Å². The van der Waals surface area contributed by atoms with Gasteiger partial charge in [-0.25, -0.2) is 0 Å². The highest BCUT2D eigenvalue weighted by molar-refractivity contribution is 9.10. The minimum atomic E-state index is -0.790. The van der Waals surface area contributed by atoms with Gasteiger partial charge in [-0.3, -0.25) is 4.79 Å². The minimum Gasteiger partial charge on any atom is -0.493 e. The van der Waals surface area contributed by atoms with Crippen molar-refractivity contribution >= 4 is 21.9 Å². The molecule has 0 radical (unpaired) electrons. The van der Waals surface area contributed by atoms with Crippen molar-refractivity contribution in [2.75, 3.05) is 6.61 Å². The summed E-state index contributed by atoms with van der Waals surface area (Å²) in [4.78, 5) is 10.9. The number of carboxylic acid groups (broad SMARTS) is 1. The topological polar surface area (TPSA) is 46.5 Å². The third-order valence-corrected chi connectivity index (χ3v) is 3.53. The smallest absolute Gasteiger partial charge is 0.304 e. The second-order valence-corrected chi connectivity index (χ2v) is 5.91. The van der Waals surface area contributed by atoms with Gasteiger partial charge in [0.05, 0.1) is 13.0 Å². The summed E-state index contributed by atoms with van der Waals surface area (Å²) in [5.41, 5.74) is 1.71. The Labute approximate surface area is 109 Å². The van der Waals surface area contributed by atoms with Crippen molar-refractivity contribution in [3.63, 3.8) is 0 Å². The number of halogens is 1. The van der Waals surface area contributed by atoms with Gasteiger partial charge in [0.15, 0.2) is 0 Å². The fourth-order valence-corrected chi connectivity index (χ4v) is 2.75. The van der Waals surface area contributed by atoms with Gasteiger partial charge in [0, 0.05) is 21.9 Å². The molecular weight excluding hydrogens is 284 g/mol. The molecule has 0 saturated heterocycles. The van der Waals surface area contributed by atoms with Crippen LogP contribution in [0.3, 0.4) is 0 Å². The van der Waals surface area contributed by atoms with Gasteiger partial charge < -0.3 is 9.84 Å². The van der Waals surface area contributed by atoms with Crippen LogP contribution in [0.25, 0.3) is 0 Å². The van der Waals surface area contributed by atoms with E-state index in [-0.39, 0.29) is 6.42 Å². The molecule has 2 rings (SSSR count). The van der Waals surface area contributed by atoms with Crippen LogP contribution in [0.2, 0.25) is 0 Å². The fraction of sp³-hybridized carbons (Fsp3) is 0.462. The highest BCUT2D eigenvalue weighted by Gasteiger charge is 2.30. The van der Waals surface area contributed by atoms with E-state index >= 15 is 0 Å². The normalized spacial score (nSPS) is 14.3. The van der Waals surface area contributed by atoms with Gasteiger partial charge in [-0.05, 0) is 17.7 Å². The summed E-state index contributed by atoms with van der Waals surface area (Å²) in [6, 6.07) is 4.01. The maximum Gasteiger partial charge on any atom is 0.304 e. The fourth-order valence-electron chi connectivity index (χ4n) is 2.25. The molecule has 0 aromatic heterocycles. The molecule has 1 aromatic carbocycles. The summed E-state index contributed by atoms with van der Waals surface area (Å²) in [7, 11) is 0. The summed E-state index contributed by atoms with van der Waals surface area (Å²) >= 11 is 3.47. The van der Waals surface area contributed by atoms with E-state index in [9.17, 15) is 4.79 Å². The first-order valence-electron chi connectivity index (χ1n) is 5.57. The lowest BCUT2D eigenvalue weighted by atomic mass is 9.80. The van der Waals surface area contributed by atoms with Gasteiger partial charge in [0.1, 0.15) is 5.75 Å². The van der Waals surface area contributed by atoms with Crippen molar-refractivity contribution in [2.45, 2.75) is 32.1 Å². The van der Waals surface area contributed by atoms with Gasteiger partial charge in [0.25, 0.3) is 0 Å². The molecule has 0 amide bonds. The molecule has 1 aromatic rings. The summed E-state index contributed by atoms with van der Waals surface area (Å²) in [5.74, 6) is 0.0844. The van der Waals surface area contributed by atoms with Crippen LogP contribution in [0.1, 0.15) is 31.4 Å². The molecule has 0 bridgehead atoms. The Morgan fingerprint density at radius 1 is 1.53 bits per heavy atom. The molecule has 92 valence electrons. The number of ether oxygens (including phenoxy) is 1. The lowest BCUT2D eigenvalue weighted by molar-refractivity contribution is -0.138. The molecule has 1 heterocycles. The average Bonchev–Trinajstić information content (AvgIpc) is 2.61. The molecule has 4 heteroatoms. The molecule has 0 atom stereocenters. The number of hydrogen-bond donors (Lipinski definition) is 1. The third kappa shape index (κ3) is 2.46. The first-order chi connectivity index (χ1) is 7.90. The molecule has 3 nitrogen and oxygen atoms in total. The molecule has 1 aliphatic rings. The van der Waals surface area contributed by atoms with Crippen molar-refractivity contribution in [3.8, 4) is 5.75 Å². The molecule has 1 N–H and O–H groups in total. The molecule has 17 heavy (non-hydrogen) atoms. The van der Waals surface area contributed by atoms with Crippen LogP contribution in [0.5, 0.6) is 5.75 Å². The molecule has 1 aliphatic heterocycles. The lowest BCUT2D eigenvalue weighted by Crippen LogP contribution is -2.22. The number of rotatable bonds is 3. The Balaban J connectivity index is 2.48. The third-order valence-electron chi connectivity index (χ3n) is 3.07. The predicted molar refractivity (Wildman–Crippen MR) is 68.6 cm³/mol. The Morgan fingerprint density at radius 2 is 2.24 bits per heavy atom. The van der Waals surface area contributed by atoms with E-state index < -0.39 is 11.4 Å². The van der Waals surface area contributed by atoms with E-state index in [1.807, 2.05) is 26.0 Å². The first kappa shape index (κ1) is 12.4. The van der Waals surface area contributed by atoms with E-state index in [1.165, 1.54) is 0 Å². The molecule has 0 saturated carbocycles. The number of carboxylic acids is 1. The zero-order valence-electron chi connectivity index (χ0n) is 9.92. The van der Waals surface area contributed by atoms with Crippen LogP contribution in [0.15, 0.2) is 16.6 Å². The molecule has 0 unspecified atom stereocenters. The monoisotopic (exact) mass is 298 g/mol. The maximum atomic E-state index is 10.9. The van der Waals surface area contributed by atoms with Crippen molar-refractivity contribution < 1.29 is 14.6 Å². The van der Waals surface area contributed by atoms with Crippen LogP contribution < -0.4 is 4.74 Å². The largest absolute Gasteiger partial charge is 0.493 e. The highest BCUT2D eigenvalue weighted by Crippen LogP contribution is 2.41. The zero-order valence-corrected chi connectivity index (χ0v) is 11.5. The van der Waals surface area contributed by atoms with Gasteiger partial charge in [-0.15, -0.1) is 0 Å². The first-order valence-corrected chi connectivity index (χ1v) is 6.37. The summed E-state index contributed by atoms with van der Waals surface area (Å²) in [5, 5.41) is 8.98. The van der Waals surface area contributed by atoms with E-state index in [0.717, 1.165) is 27.8 Å². The van der Waals surface area contributed by atoms with Crippen LogP contribution >= 0.6 is 15.9 Å². The Morgan fingerprint density at radius 3 is 2.88 bits per heavy atom. The number of hydrogen-bond acceptors (Lipinski definition) is 2. The standard InChI is InChI=1S/C13H15BrO3/c1-13(2,7-11(15)16)10-6-9(14)5-8-3-4-17-12(8)10/h5-6H,3-4,7H2,1-2H3,(H,15,16). The number of benzene rings is 1. The van der Waals surface area contributed by atoms with Gasteiger partial charge in [-0.1, -0.05) is 29.8 Å². The number of fused-ring (bicyclic) bond motifs is 1. The molecular formula is C13H15BrO3. The van der Waals surface area contributed by atoms with Gasteiger partial charge in [0.2, 0.25) is 0 Å². The van der Waals surface area contributed by atoms with E-state index in [1.54, 1.807) is 0 Å². The second-order valence-electron chi connectivity index (χ2n) is 4.99. The summed E-state index contributed by atoms with van der Waals surface area (Å²) in [6.07, 6.45) is 0.990. The Kier molecular flexibility index (Phi) is 3.17. The van der Waals surface area contributed by atoms with Crippen molar-refractivity contribution in [1.82, 2.24) is 0 Å². The second kappa shape index (κ2) is 4.33. The van der Waals surface area contributed by atoms with Gasteiger partial charge >= 0.3 is 5.97 Å². The Hall–Kier alpha value is -1.03. The number of aliphatic carboxylic acids is 1. The van der Waals surface area contributed by atoms with Gasteiger partial charge in [-0.2, -0.15) is 0 Å². The van der Waals surface area contributed by atoms with Crippen LogP contribution in [0, 0.1) is 0 Å². The lowest BCUT2D eigenvalue weighted by Gasteiger charge is -2.25. The minimum absolute atomic E-state index is 0.0965. The van der Waals surface area contributed by atoms with Crippen LogP contribution in [0.4, 0.5) is 0 Å². The van der Waals surface area contributed by atoms with Crippen LogP contribution in [-0.4, -0.2) is 17.7 Å². The van der Waals surface area contributed by atoms with Crippen LogP contribution in [-0.2, 0) is 16.6 Å². The SMILES string of the molecule is CC(C)(CC(=O)O)c1cc(Br)cc2c1OCC2. The van der Waals surface area contributed by atoms with Crippen molar-refractivity contribution in [2.24, 2.45) is 0 Å². The van der Waals surface area contributed by atoms with E-state index in [2.05, 4.69) is 15.9 Å². The molecule has 0 spiro atoms. The Bertz CT molecular complexity index is 466. The molecule has 0 aliphatic carbocycles. The zero-order chi connectivity index (χ0) is 12.6. The van der Waals surface area contributed by atoms with E-state index in [0.29, 0.717) is 6.61 Å². The van der Waals surface area contributed by atoms with Crippen molar-refractivity contribution in [3.05, 3.63) is 27.7 Å². The molecule has 0 fully saturated rings. The quantitative estimate of drug-likeness (QED) is 0.932. The summed E-state index contributed by atoms with van der Waals surface area (Å²) in [6.45, 7) is 4.55. The number of carbonyl (C=O) groups is 1. The van der Waals surface area contributed by atoms with E-state index in [4.69, 9.17) is 9.84 Å². The maximum absolute atomic E-state index is 10.9. The average molecular weight is 299 g/mol. The summed E-state index contributed by atoms with van der Waals surface area (Å²) < 4.78 is 6.62.